The van der Waals surface area contributed by atoms with Crippen LogP contribution in [0.15, 0.2) is 24.3 Å². The number of ether oxygens (including phenoxy) is 1. The topological polar surface area (TPSA) is 9.23 Å². The Morgan fingerprint density at radius 3 is 2.67 bits per heavy atom. The van der Waals surface area contributed by atoms with E-state index in [1.807, 2.05) is 0 Å². The van der Waals surface area contributed by atoms with Gasteiger partial charge in [-0.15, -0.1) is 0 Å². The first-order valence-corrected chi connectivity index (χ1v) is 5.99. The maximum absolute atomic E-state index is 5.85. The molecule has 0 atom stereocenters. The molecule has 0 radical (unpaired) electrons. The number of benzene rings is 1. The zero-order valence-electron chi connectivity index (χ0n) is 9.70. The molecule has 1 fully saturated rings. The second-order valence-corrected chi connectivity index (χ2v) is 4.77. The van der Waals surface area contributed by atoms with E-state index in [2.05, 4.69) is 38.1 Å². The standard InChI is InChI=1S/C14H20O/c1-11(2)13-5-3-4-6-14(13)15-10-9-12-7-8-12/h3-6,11-12H,7-10H2,1-2H3. The van der Waals surface area contributed by atoms with Crippen LogP contribution in [0.4, 0.5) is 0 Å². The molecule has 1 nitrogen and oxygen atoms in total. The Kier molecular flexibility index (Phi) is 3.30. The second-order valence-electron chi connectivity index (χ2n) is 4.77. The molecule has 1 aliphatic rings. The molecule has 82 valence electrons. The normalized spacial score (nSPS) is 15.7. The molecule has 2 rings (SSSR count). The predicted octanol–water partition coefficient (Wildman–Crippen LogP) is 3.99. The van der Waals surface area contributed by atoms with Crippen molar-refractivity contribution in [2.24, 2.45) is 5.92 Å². The van der Waals surface area contributed by atoms with Crippen molar-refractivity contribution in [2.75, 3.05) is 6.61 Å². The first kappa shape index (κ1) is 10.5. The summed E-state index contributed by atoms with van der Waals surface area (Å²) in [4.78, 5) is 0. The van der Waals surface area contributed by atoms with Crippen LogP contribution in [0.25, 0.3) is 0 Å². The minimum absolute atomic E-state index is 0.544. The summed E-state index contributed by atoms with van der Waals surface area (Å²) in [6.07, 6.45) is 4.05. The molecule has 1 heteroatoms. The van der Waals surface area contributed by atoms with Crippen LogP contribution in [0.2, 0.25) is 0 Å². The van der Waals surface area contributed by atoms with E-state index in [4.69, 9.17) is 4.74 Å². The van der Waals surface area contributed by atoms with Gasteiger partial charge in [0.15, 0.2) is 0 Å². The molecule has 0 bridgehead atoms. The van der Waals surface area contributed by atoms with Gasteiger partial charge in [-0.25, -0.2) is 0 Å². The van der Waals surface area contributed by atoms with Gasteiger partial charge in [0.25, 0.3) is 0 Å². The van der Waals surface area contributed by atoms with E-state index in [-0.39, 0.29) is 0 Å². The van der Waals surface area contributed by atoms with Crippen LogP contribution >= 0.6 is 0 Å². The van der Waals surface area contributed by atoms with Crippen molar-refractivity contribution in [3.63, 3.8) is 0 Å². The van der Waals surface area contributed by atoms with Crippen LogP contribution < -0.4 is 4.74 Å². The minimum Gasteiger partial charge on any atom is -0.493 e. The highest BCUT2D eigenvalue weighted by Crippen LogP contribution is 2.33. The van der Waals surface area contributed by atoms with Crippen molar-refractivity contribution in [2.45, 2.75) is 39.0 Å². The van der Waals surface area contributed by atoms with Crippen LogP contribution in [0.1, 0.15) is 44.6 Å². The van der Waals surface area contributed by atoms with E-state index in [9.17, 15) is 0 Å². The van der Waals surface area contributed by atoms with Crippen LogP contribution in [-0.2, 0) is 0 Å². The molecule has 0 N–H and O–H groups in total. The highest BCUT2D eigenvalue weighted by Gasteiger charge is 2.20. The SMILES string of the molecule is CC(C)c1ccccc1OCCC1CC1. The van der Waals surface area contributed by atoms with Crippen LogP contribution in [0.5, 0.6) is 5.75 Å². The Morgan fingerprint density at radius 1 is 1.27 bits per heavy atom. The molecule has 15 heavy (non-hydrogen) atoms. The Hall–Kier alpha value is -0.980. The minimum atomic E-state index is 0.544. The van der Waals surface area contributed by atoms with E-state index >= 15 is 0 Å². The van der Waals surface area contributed by atoms with Crippen molar-refractivity contribution in [1.82, 2.24) is 0 Å². The van der Waals surface area contributed by atoms with E-state index in [1.54, 1.807) is 0 Å². The Labute approximate surface area is 92.5 Å². The van der Waals surface area contributed by atoms with Crippen LogP contribution in [-0.4, -0.2) is 6.61 Å². The van der Waals surface area contributed by atoms with Crippen molar-refractivity contribution in [1.29, 1.82) is 0 Å². The van der Waals surface area contributed by atoms with E-state index in [1.165, 1.54) is 24.8 Å². The highest BCUT2D eigenvalue weighted by molar-refractivity contribution is 5.35. The van der Waals surface area contributed by atoms with Crippen LogP contribution in [0, 0.1) is 5.92 Å². The average molecular weight is 204 g/mol. The second kappa shape index (κ2) is 4.69. The Morgan fingerprint density at radius 2 is 2.00 bits per heavy atom. The molecule has 0 amide bonds. The van der Waals surface area contributed by atoms with Gasteiger partial charge >= 0.3 is 0 Å². The summed E-state index contributed by atoms with van der Waals surface area (Å²) in [6, 6.07) is 8.39. The maximum atomic E-state index is 5.85. The van der Waals surface area contributed by atoms with Crippen LogP contribution in [0.3, 0.4) is 0 Å². The first-order valence-electron chi connectivity index (χ1n) is 5.99. The fraction of sp³-hybridized carbons (Fsp3) is 0.571. The summed E-state index contributed by atoms with van der Waals surface area (Å²) in [5.41, 5.74) is 1.33. The van der Waals surface area contributed by atoms with Crippen molar-refractivity contribution in [3.05, 3.63) is 29.8 Å². The molecule has 0 spiro atoms. The molecule has 1 aromatic carbocycles. The molecule has 1 aromatic rings. The zero-order valence-corrected chi connectivity index (χ0v) is 9.70. The van der Waals surface area contributed by atoms with Crippen molar-refractivity contribution >= 4 is 0 Å². The molecule has 0 aliphatic heterocycles. The quantitative estimate of drug-likeness (QED) is 0.704. The largest absolute Gasteiger partial charge is 0.493 e. The summed E-state index contributed by atoms with van der Waals surface area (Å²) in [6.45, 7) is 5.31. The Bertz CT molecular complexity index is 313. The van der Waals surface area contributed by atoms with Gasteiger partial charge in [0.2, 0.25) is 0 Å². The fourth-order valence-corrected chi connectivity index (χ4v) is 1.83. The molecule has 1 saturated carbocycles. The summed E-state index contributed by atoms with van der Waals surface area (Å²) in [7, 11) is 0. The molecule has 0 saturated heterocycles. The maximum Gasteiger partial charge on any atom is 0.122 e. The van der Waals surface area contributed by atoms with Crippen molar-refractivity contribution in [3.8, 4) is 5.75 Å². The smallest absolute Gasteiger partial charge is 0.122 e. The molecule has 0 aromatic heterocycles. The fourth-order valence-electron chi connectivity index (χ4n) is 1.83. The number of para-hydroxylation sites is 1. The lowest BCUT2D eigenvalue weighted by atomic mass is 10.0. The third kappa shape index (κ3) is 2.98. The number of hydrogen-bond donors (Lipinski definition) is 0. The third-order valence-electron chi connectivity index (χ3n) is 3.02. The first-order chi connectivity index (χ1) is 7.27. The molecular weight excluding hydrogens is 184 g/mol. The van der Waals surface area contributed by atoms with Gasteiger partial charge in [-0.1, -0.05) is 44.9 Å². The summed E-state index contributed by atoms with van der Waals surface area (Å²) >= 11 is 0. The van der Waals surface area contributed by atoms with Gasteiger partial charge in [-0.3, -0.25) is 0 Å². The zero-order chi connectivity index (χ0) is 10.7. The average Bonchev–Trinajstić information content (AvgIpc) is 3.02. The van der Waals surface area contributed by atoms with E-state index in [0.717, 1.165) is 18.3 Å². The third-order valence-corrected chi connectivity index (χ3v) is 3.02. The van der Waals surface area contributed by atoms with Gasteiger partial charge in [-0.2, -0.15) is 0 Å². The monoisotopic (exact) mass is 204 g/mol. The van der Waals surface area contributed by atoms with E-state index in [0.29, 0.717) is 5.92 Å². The lowest BCUT2D eigenvalue weighted by Crippen LogP contribution is -2.01. The Balaban J connectivity index is 1.92. The lowest BCUT2D eigenvalue weighted by Gasteiger charge is -2.13. The van der Waals surface area contributed by atoms with Gasteiger partial charge in [0, 0.05) is 0 Å². The molecule has 0 unspecified atom stereocenters. The lowest BCUT2D eigenvalue weighted by molar-refractivity contribution is 0.298. The highest BCUT2D eigenvalue weighted by atomic mass is 16.5. The number of hydrogen-bond acceptors (Lipinski definition) is 1. The molecule has 0 heterocycles. The summed E-state index contributed by atoms with van der Waals surface area (Å²) in [5.74, 6) is 2.58. The number of rotatable bonds is 5. The van der Waals surface area contributed by atoms with Crippen molar-refractivity contribution < 1.29 is 4.74 Å². The van der Waals surface area contributed by atoms with Gasteiger partial charge in [-0.05, 0) is 29.9 Å². The summed E-state index contributed by atoms with van der Waals surface area (Å²) < 4.78 is 5.85. The van der Waals surface area contributed by atoms with Gasteiger partial charge < -0.3 is 4.74 Å². The van der Waals surface area contributed by atoms with Gasteiger partial charge in [0.05, 0.1) is 6.61 Å². The van der Waals surface area contributed by atoms with Gasteiger partial charge in [0.1, 0.15) is 5.75 Å². The molecular formula is C14H20O. The predicted molar refractivity (Wildman–Crippen MR) is 63.4 cm³/mol. The van der Waals surface area contributed by atoms with E-state index < -0.39 is 0 Å². The molecule has 1 aliphatic carbocycles. The summed E-state index contributed by atoms with van der Waals surface area (Å²) in [5, 5.41) is 0.